The van der Waals surface area contributed by atoms with Crippen LogP contribution in [0.4, 0.5) is 0 Å². The van der Waals surface area contributed by atoms with Crippen LogP contribution in [0.2, 0.25) is 0 Å². The number of hydrogen-bond acceptors (Lipinski definition) is 3. The highest BCUT2D eigenvalue weighted by atomic mass is 16.5. The fourth-order valence-electron chi connectivity index (χ4n) is 1.08. The number of rotatable bonds is 9. The quantitative estimate of drug-likeness (QED) is 0.485. The summed E-state index contributed by atoms with van der Waals surface area (Å²) in [4.78, 5) is 11.3. The molecule has 2 N–H and O–H groups in total. The highest BCUT2D eigenvalue weighted by molar-refractivity contribution is 5.80. The highest BCUT2D eigenvalue weighted by Gasteiger charge is 2.08. The number of amides is 1. The van der Waals surface area contributed by atoms with Crippen molar-refractivity contribution in [3.63, 3.8) is 0 Å². The number of nitrogens with one attached hydrogen (secondary N) is 2. The molecule has 4 nitrogen and oxygen atoms in total. The molecule has 0 spiro atoms. The van der Waals surface area contributed by atoms with E-state index in [0.717, 1.165) is 13.0 Å². The van der Waals surface area contributed by atoms with Crippen LogP contribution >= 0.6 is 0 Å². The summed E-state index contributed by atoms with van der Waals surface area (Å²) in [6.07, 6.45) is 12.5. The Morgan fingerprint density at radius 3 is 2.61 bits per heavy atom. The second kappa shape index (κ2) is 11.9. The maximum atomic E-state index is 11.3. The molecule has 1 unspecified atom stereocenters. The third-order valence-corrected chi connectivity index (χ3v) is 2.26. The normalized spacial score (nSPS) is 13.5. The lowest BCUT2D eigenvalue weighted by molar-refractivity contribution is -0.129. The van der Waals surface area contributed by atoms with E-state index < -0.39 is 6.10 Å². The van der Waals surface area contributed by atoms with Gasteiger partial charge in [0.1, 0.15) is 6.10 Å². The van der Waals surface area contributed by atoms with Gasteiger partial charge in [0.25, 0.3) is 0 Å². The molecular weight excluding hydrogens is 228 g/mol. The smallest absolute Gasteiger partial charge is 0.249 e. The van der Waals surface area contributed by atoms with E-state index in [9.17, 15) is 4.79 Å². The minimum atomic E-state index is -0.397. The van der Waals surface area contributed by atoms with Gasteiger partial charge in [-0.05, 0) is 26.5 Å². The zero-order valence-corrected chi connectivity index (χ0v) is 11.5. The SMILES string of the molecule is C/C=C\C/C=C\NC/C=C/CNC(=O)C(C)OC. The number of carbonyl (C=O) groups is 1. The molecule has 18 heavy (non-hydrogen) atoms. The molecule has 0 aliphatic carbocycles. The van der Waals surface area contributed by atoms with E-state index in [0.29, 0.717) is 6.54 Å². The van der Waals surface area contributed by atoms with Gasteiger partial charge >= 0.3 is 0 Å². The topological polar surface area (TPSA) is 50.4 Å². The predicted molar refractivity (Wildman–Crippen MR) is 75.2 cm³/mol. The summed E-state index contributed by atoms with van der Waals surface area (Å²) < 4.78 is 4.89. The van der Waals surface area contributed by atoms with Crippen LogP contribution in [0.3, 0.4) is 0 Å². The highest BCUT2D eigenvalue weighted by Crippen LogP contribution is 1.86. The Bertz CT molecular complexity index is 296. The van der Waals surface area contributed by atoms with Crippen LogP contribution in [0.25, 0.3) is 0 Å². The Kier molecular flexibility index (Phi) is 10.9. The molecule has 4 heteroatoms. The third kappa shape index (κ3) is 9.66. The lowest BCUT2D eigenvalue weighted by Gasteiger charge is -2.08. The molecule has 0 aromatic rings. The Labute approximate surface area is 110 Å². The molecule has 0 aromatic carbocycles. The molecule has 0 radical (unpaired) electrons. The van der Waals surface area contributed by atoms with Crippen molar-refractivity contribution in [2.24, 2.45) is 0 Å². The second-order valence-electron chi connectivity index (χ2n) is 3.71. The molecule has 0 aliphatic rings. The molecule has 102 valence electrons. The summed E-state index contributed by atoms with van der Waals surface area (Å²) in [6.45, 7) is 5.00. The number of carbonyl (C=O) groups excluding carboxylic acids is 1. The van der Waals surface area contributed by atoms with Crippen LogP contribution < -0.4 is 10.6 Å². The van der Waals surface area contributed by atoms with Crippen molar-refractivity contribution >= 4 is 5.91 Å². The zero-order chi connectivity index (χ0) is 13.6. The lowest BCUT2D eigenvalue weighted by atomic mass is 10.3. The van der Waals surface area contributed by atoms with Gasteiger partial charge in [0.15, 0.2) is 0 Å². The summed E-state index contributed by atoms with van der Waals surface area (Å²) in [5, 5.41) is 5.87. The Balaban J connectivity index is 3.49. The second-order valence-corrected chi connectivity index (χ2v) is 3.71. The van der Waals surface area contributed by atoms with E-state index in [2.05, 4.69) is 22.8 Å². The molecule has 1 atom stereocenters. The maximum Gasteiger partial charge on any atom is 0.249 e. The molecule has 0 aromatic heterocycles. The first-order valence-corrected chi connectivity index (χ1v) is 6.17. The van der Waals surface area contributed by atoms with Crippen molar-refractivity contribution in [3.8, 4) is 0 Å². The molecule has 0 aliphatic heterocycles. The molecular formula is C14H24N2O2. The van der Waals surface area contributed by atoms with Crippen molar-refractivity contribution in [3.05, 3.63) is 36.6 Å². The summed E-state index contributed by atoms with van der Waals surface area (Å²) in [5.74, 6) is -0.0960. The standard InChI is InChI=1S/C14H24N2O2/c1-4-5-6-7-10-15-11-8-9-12-16-14(17)13(2)18-3/h4-5,7-10,13,15H,6,11-12H2,1-3H3,(H,16,17)/b5-4-,9-8+,10-7-. The number of methoxy groups -OCH3 is 1. The zero-order valence-electron chi connectivity index (χ0n) is 11.5. The lowest BCUT2D eigenvalue weighted by Crippen LogP contribution is -2.33. The summed E-state index contributed by atoms with van der Waals surface area (Å²) >= 11 is 0. The monoisotopic (exact) mass is 252 g/mol. The van der Waals surface area contributed by atoms with Crippen LogP contribution in [0.15, 0.2) is 36.6 Å². The van der Waals surface area contributed by atoms with Crippen molar-refractivity contribution in [2.45, 2.75) is 26.4 Å². The van der Waals surface area contributed by atoms with Gasteiger partial charge in [0, 0.05) is 20.2 Å². The predicted octanol–water partition coefficient (Wildman–Crippen LogP) is 1.76. The van der Waals surface area contributed by atoms with Gasteiger partial charge in [-0.2, -0.15) is 0 Å². The summed E-state index contributed by atoms with van der Waals surface area (Å²) in [5.41, 5.74) is 0. The van der Waals surface area contributed by atoms with E-state index in [1.54, 1.807) is 6.92 Å². The molecule has 0 fully saturated rings. The summed E-state index contributed by atoms with van der Waals surface area (Å²) in [7, 11) is 1.52. The Morgan fingerprint density at radius 2 is 1.94 bits per heavy atom. The van der Waals surface area contributed by atoms with Crippen LogP contribution in [0, 0.1) is 0 Å². The minimum Gasteiger partial charge on any atom is -0.388 e. The summed E-state index contributed by atoms with van der Waals surface area (Å²) in [6, 6.07) is 0. The van der Waals surface area contributed by atoms with Crippen molar-refractivity contribution in [1.82, 2.24) is 10.6 Å². The van der Waals surface area contributed by atoms with E-state index >= 15 is 0 Å². The molecule has 0 saturated carbocycles. The van der Waals surface area contributed by atoms with Crippen molar-refractivity contribution < 1.29 is 9.53 Å². The number of allylic oxidation sites excluding steroid dienone is 3. The van der Waals surface area contributed by atoms with Crippen LogP contribution in [0.5, 0.6) is 0 Å². The third-order valence-electron chi connectivity index (χ3n) is 2.26. The van der Waals surface area contributed by atoms with Gasteiger partial charge in [-0.15, -0.1) is 0 Å². The van der Waals surface area contributed by atoms with Crippen molar-refractivity contribution in [1.29, 1.82) is 0 Å². The maximum absolute atomic E-state index is 11.3. The molecule has 0 heterocycles. The number of ether oxygens (including phenoxy) is 1. The van der Waals surface area contributed by atoms with Gasteiger partial charge < -0.3 is 15.4 Å². The first-order valence-electron chi connectivity index (χ1n) is 6.17. The van der Waals surface area contributed by atoms with Gasteiger partial charge in [-0.3, -0.25) is 4.79 Å². The fourth-order valence-corrected chi connectivity index (χ4v) is 1.08. The fraction of sp³-hybridized carbons (Fsp3) is 0.500. The first-order chi connectivity index (χ1) is 8.72. The molecule has 0 saturated heterocycles. The average molecular weight is 252 g/mol. The van der Waals surface area contributed by atoms with E-state index in [1.165, 1.54) is 7.11 Å². The average Bonchev–Trinajstić information content (AvgIpc) is 2.39. The van der Waals surface area contributed by atoms with Gasteiger partial charge in [0.2, 0.25) is 5.91 Å². The van der Waals surface area contributed by atoms with Gasteiger partial charge in [-0.25, -0.2) is 0 Å². The molecule has 0 rings (SSSR count). The van der Waals surface area contributed by atoms with Crippen molar-refractivity contribution in [2.75, 3.05) is 20.2 Å². The van der Waals surface area contributed by atoms with E-state index in [4.69, 9.17) is 4.74 Å². The van der Waals surface area contributed by atoms with E-state index in [-0.39, 0.29) is 5.91 Å². The number of hydrogen-bond donors (Lipinski definition) is 2. The van der Waals surface area contributed by atoms with Gasteiger partial charge in [0.05, 0.1) is 0 Å². The minimum absolute atomic E-state index is 0.0960. The van der Waals surface area contributed by atoms with E-state index in [1.807, 2.05) is 31.4 Å². The van der Waals surface area contributed by atoms with Crippen LogP contribution in [-0.2, 0) is 9.53 Å². The van der Waals surface area contributed by atoms with Crippen LogP contribution in [-0.4, -0.2) is 32.2 Å². The largest absolute Gasteiger partial charge is 0.388 e. The van der Waals surface area contributed by atoms with Gasteiger partial charge in [-0.1, -0.05) is 30.4 Å². The Morgan fingerprint density at radius 1 is 1.22 bits per heavy atom. The first kappa shape index (κ1) is 16.4. The molecule has 0 bridgehead atoms. The van der Waals surface area contributed by atoms with Crippen LogP contribution in [0.1, 0.15) is 20.3 Å². The molecule has 1 amide bonds. The Hall–Kier alpha value is -1.55.